The van der Waals surface area contributed by atoms with Crippen LogP contribution in [0.15, 0.2) is 41.8 Å². The van der Waals surface area contributed by atoms with Gasteiger partial charge in [-0.3, -0.25) is 4.79 Å². The molecule has 0 spiro atoms. The van der Waals surface area contributed by atoms with E-state index >= 15 is 0 Å². The number of benzene rings is 1. The molecule has 0 aliphatic rings. The normalized spacial score (nSPS) is 13.5. The minimum atomic E-state index is -0.557. The molecule has 1 amide bonds. The third-order valence-corrected chi connectivity index (χ3v) is 4.15. The predicted octanol–water partition coefficient (Wildman–Crippen LogP) is 3.00. The predicted molar refractivity (Wildman–Crippen MR) is 83.8 cm³/mol. The van der Waals surface area contributed by atoms with E-state index in [9.17, 15) is 9.90 Å². The van der Waals surface area contributed by atoms with Gasteiger partial charge >= 0.3 is 0 Å². The van der Waals surface area contributed by atoms with Crippen molar-refractivity contribution in [3.8, 4) is 5.75 Å². The van der Waals surface area contributed by atoms with Crippen LogP contribution in [0.5, 0.6) is 5.75 Å². The van der Waals surface area contributed by atoms with Crippen LogP contribution in [0, 0.1) is 0 Å². The second-order valence-corrected chi connectivity index (χ2v) is 5.82. The molecule has 2 rings (SSSR count). The van der Waals surface area contributed by atoms with Crippen molar-refractivity contribution in [2.24, 2.45) is 0 Å². The standard InChI is InChI=1S/C16H19NO3S/c1-11(10-13(18)15-8-5-9-21-15)17-16(19)12-6-3-4-7-14(12)20-2/h3-9,11,13,18H,10H2,1-2H3,(H,17,19). The van der Waals surface area contributed by atoms with Gasteiger partial charge < -0.3 is 15.2 Å². The molecule has 21 heavy (non-hydrogen) atoms. The van der Waals surface area contributed by atoms with Crippen LogP contribution in [0.4, 0.5) is 0 Å². The largest absolute Gasteiger partial charge is 0.496 e. The fraction of sp³-hybridized carbons (Fsp3) is 0.312. The summed E-state index contributed by atoms with van der Waals surface area (Å²) in [4.78, 5) is 13.1. The quantitative estimate of drug-likeness (QED) is 0.862. The van der Waals surface area contributed by atoms with Gasteiger partial charge in [-0.25, -0.2) is 0 Å². The number of rotatable bonds is 6. The smallest absolute Gasteiger partial charge is 0.255 e. The molecule has 0 fully saturated rings. The zero-order valence-corrected chi connectivity index (χ0v) is 12.9. The number of carbonyl (C=O) groups is 1. The summed E-state index contributed by atoms with van der Waals surface area (Å²) < 4.78 is 5.18. The Balaban J connectivity index is 1.96. The summed E-state index contributed by atoms with van der Waals surface area (Å²) in [7, 11) is 1.54. The number of hydrogen-bond acceptors (Lipinski definition) is 4. The van der Waals surface area contributed by atoms with E-state index in [1.807, 2.05) is 30.5 Å². The summed E-state index contributed by atoms with van der Waals surface area (Å²) in [6, 6.07) is 10.7. The zero-order chi connectivity index (χ0) is 15.2. The van der Waals surface area contributed by atoms with Crippen LogP contribution in [0.25, 0.3) is 0 Å². The van der Waals surface area contributed by atoms with Crippen LogP contribution >= 0.6 is 11.3 Å². The summed E-state index contributed by atoms with van der Waals surface area (Å²) in [6.45, 7) is 1.88. The maximum Gasteiger partial charge on any atom is 0.255 e. The number of methoxy groups -OCH3 is 1. The van der Waals surface area contributed by atoms with Crippen molar-refractivity contribution in [2.45, 2.75) is 25.5 Å². The molecule has 0 radical (unpaired) electrons. The highest BCUT2D eigenvalue weighted by Gasteiger charge is 2.17. The third kappa shape index (κ3) is 4.06. The molecule has 2 atom stereocenters. The van der Waals surface area contributed by atoms with Gasteiger partial charge in [0.15, 0.2) is 0 Å². The first-order chi connectivity index (χ1) is 10.1. The molecule has 2 N–H and O–H groups in total. The van der Waals surface area contributed by atoms with E-state index in [1.165, 1.54) is 18.4 Å². The second-order valence-electron chi connectivity index (χ2n) is 4.84. The molecule has 0 bridgehead atoms. The summed E-state index contributed by atoms with van der Waals surface area (Å²) in [6.07, 6.45) is -0.0838. The highest BCUT2D eigenvalue weighted by atomic mass is 32.1. The highest BCUT2D eigenvalue weighted by molar-refractivity contribution is 7.10. The maximum atomic E-state index is 12.2. The van der Waals surface area contributed by atoms with E-state index in [-0.39, 0.29) is 11.9 Å². The summed E-state index contributed by atoms with van der Waals surface area (Å²) in [5, 5.41) is 14.9. The van der Waals surface area contributed by atoms with Crippen LogP contribution < -0.4 is 10.1 Å². The van der Waals surface area contributed by atoms with E-state index in [4.69, 9.17) is 4.74 Å². The number of hydrogen-bond donors (Lipinski definition) is 2. The average molecular weight is 305 g/mol. The number of ether oxygens (including phenoxy) is 1. The Morgan fingerprint density at radius 3 is 2.76 bits per heavy atom. The molecule has 1 aromatic heterocycles. The Morgan fingerprint density at radius 1 is 1.33 bits per heavy atom. The number of carbonyl (C=O) groups excluding carboxylic acids is 1. The topological polar surface area (TPSA) is 58.6 Å². The number of amides is 1. The lowest BCUT2D eigenvalue weighted by atomic mass is 10.1. The maximum absolute atomic E-state index is 12.2. The molecular formula is C16H19NO3S. The van der Waals surface area contributed by atoms with Gasteiger partial charge in [0.1, 0.15) is 5.75 Å². The SMILES string of the molecule is COc1ccccc1C(=O)NC(C)CC(O)c1cccs1. The van der Waals surface area contributed by atoms with Gasteiger partial charge in [0, 0.05) is 10.9 Å². The lowest BCUT2D eigenvalue weighted by Gasteiger charge is -2.18. The van der Waals surface area contributed by atoms with Gasteiger partial charge in [-0.05, 0) is 36.9 Å². The zero-order valence-electron chi connectivity index (χ0n) is 12.1. The van der Waals surface area contributed by atoms with Gasteiger partial charge in [-0.15, -0.1) is 11.3 Å². The summed E-state index contributed by atoms with van der Waals surface area (Å²) in [5.74, 6) is 0.347. The van der Waals surface area contributed by atoms with E-state index < -0.39 is 6.10 Å². The van der Waals surface area contributed by atoms with Crippen molar-refractivity contribution in [3.63, 3.8) is 0 Å². The number of nitrogens with one attached hydrogen (secondary N) is 1. The molecule has 5 heteroatoms. The average Bonchev–Trinajstić information content (AvgIpc) is 3.01. The summed E-state index contributed by atoms with van der Waals surface area (Å²) in [5.41, 5.74) is 0.498. The minimum absolute atomic E-state index is 0.139. The van der Waals surface area contributed by atoms with Crippen LogP contribution in [-0.2, 0) is 0 Å². The monoisotopic (exact) mass is 305 g/mol. The van der Waals surface area contributed by atoms with Crippen LogP contribution in [0.1, 0.15) is 34.7 Å². The first-order valence-electron chi connectivity index (χ1n) is 6.77. The number of thiophene rings is 1. The Kier molecular flexibility index (Phi) is 5.36. The van der Waals surface area contributed by atoms with Gasteiger partial charge in [-0.2, -0.15) is 0 Å². The number of aliphatic hydroxyl groups is 1. The molecule has 0 saturated carbocycles. The van der Waals surface area contributed by atoms with Crippen molar-refractivity contribution in [3.05, 3.63) is 52.2 Å². The highest BCUT2D eigenvalue weighted by Crippen LogP contribution is 2.23. The summed E-state index contributed by atoms with van der Waals surface area (Å²) >= 11 is 1.51. The molecule has 112 valence electrons. The molecule has 0 aliphatic heterocycles. The van der Waals surface area contributed by atoms with E-state index in [1.54, 1.807) is 18.2 Å². The molecule has 1 aromatic carbocycles. The van der Waals surface area contributed by atoms with E-state index in [0.717, 1.165) is 4.88 Å². The molecule has 1 heterocycles. The fourth-order valence-corrected chi connectivity index (χ4v) is 2.85. The van der Waals surface area contributed by atoms with Gasteiger partial charge in [0.2, 0.25) is 0 Å². The van der Waals surface area contributed by atoms with Gasteiger partial charge in [0.05, 0.1) is 18.8 Å². The lowest BCUT2D eigenvalue weighted by molar-refractivity contribution is 0.0915. The second kappa shape index (κ2) is 7.24. The molecule has 2 unspecified atom stereocenters. The third-order valence-electron chi connectivity index (χ3n) is 3.18. The van der Waals surface area contributed by atoms with Crippen molar-refractivity contribution in [2.75, 3.05) is 7.11 Å². The van der Waals surface area contributed by atoms with Crippen LogP contribution in [0.3, 0.4) is 0 Å². The van der Waals surface area contributed by atoms with Crippen LogP contribution in [0.2, 0.25) is 0 Å². The molecular weight excluding hydrogens is 286 g/mol. The minimum Gasteiger partial charge on any atom is -0.496 e. The first-order valence-corrected chi connectivity index (χ1v) is 7.65. The Morgan fingerprint density at radius 2 is 2.10 bits per heavy atom. The fourth-order valence-electron chi connectivity index (χ4n) is 2.12. The Bertz CT molecular complexity index is 583. The van der Waals surface area contributed by atoms with Gasteiger partial charge in [-0.1, -0.05) is 18.2 Å². The van der Waals surface area contributed by atoms with E-state index in [0.29, 0.717) is 17.7 Å². The first kappa shape index (κ1) is 15.5. The van der Waals surface area contributed by atoms with Crippen molar-refractivity contribution < 1.29 is 14.6 Å². The number of para-hydroxylation sites is 1. The molecule has 2 aromatic rings. The van der Waals surface area contributed by atoms with Crippen molar-refractivity contribution >= 4 is 17.2 Å². The molecule has 0 saturated heterocycles. The lowest BCUT2D eigenvalue weighted by Crippen LogP contribution is -2.33. The Labute approximate surface area is 128 Å². The van der Waals surface area contributed by atoms with Crippen molar-refractivity contribution in [1.82, 2.24) is 5.32 Å². The Hall–Kier alpha value is -1.85. The molecule has 4 nitrogen and oxygen atoms in total. The van der Waals surface area contributed by atoms with E-state index in [2.05, 4.69) is 5.32 Å². The van der Waals surface area contributed by atoms with Crippen molar-refractivity contribution in [1.29, 1.82) is 0 Å². The van der Waals surface area contributed by atoms with Crippen LogP contribution in [-0.4, -0.2) is 24.2 Å². The number of aliphatic hydroxyl groups excluding tert-OH is 1. The molecule has 0 aliphatic carbocycles. The van der Waals surface area contributed by atoms with Gasteiger partial charge in [0.25, 0.3) is 5.91 Å².